The van der Waals surface area contributed by atoms with Crippen LogP contribution in [0.15, 0.2) is 21.7 Å². The van der Waals surface area contributed by atoms with E-state index in [4.69, 9.17) is 0 Å². The Hall–Kier alpha value is -0.920. The van der Waals surface area contributed by atoms with Crippen LogP contribution in [0.1, 0.15) is 39.5 Å². The highest BCUT2D eigenvalue weighted by atomic mass is 32.2. The van der Waals surface area contributed by atoms with E-state index in [1.54, 1.807) is 24.6 Å². The maximum absolute atomic E-state index is 12.2. The van der Waals surface area contributed by atoms with Gasteiger partial charge < -0.3 is 5.32 Å². The van der Waals surface area contributed by atoms with Gasteiger partial charge in [-0.25, -0.2) is 12.7 Å². The molecule has 1 heterocycles. The van der Waals surface area contributed by atoms with Crippen molar-refractivity contribution in [1.29, 1.82) is 0 Å². The van der Waals surface area contributed by atoms with Gasteiger partial charge in [0, 0.05) is 26.6 Å². The van der Waals surface area contributed by atoms with E-state index in [-0.39, 0.29) is 5.91 Å². The topological polar surface area (TPSA) is 66.5 Å². The number of nitrogens with one attached hydrogen (secondary N) is 1. The van der Waals surface area contributed by atoms with Crippen molar-refractivity contribution >= 4 is 27.3 Å². The van der Waals surface area contributed by atoms with Gasteiger partial charge in [-0.05, 0) is 36.6 Å². The average Bonchev–Trinajstić information content (AvgIpc) is 2.98. The molecule has 0 aliphatic carbocycles. The number of amides is 1. The molecule has 22 heavy (non-hydrogen) atoms. The molecule has 0 radical (unpaired) electrons. The summed E-state index contributed by atoms with van der Waals surface area (Å²) in [5, 5.41) is 4.61. The fraction of sp³-hybridized carbons (Fsp3) is 0.667. The molecule has 126 valence electrons. The highest BCUT2D eigenvalue weighted by Gasteiger charge is 2.21. The SMILES string of the molecule is CC(C)CCCNC(=O)CCCN(C)S(=O)(=O)c1cccs1. The molecule has 1 aromatic heterocycles. The van der Waals surface area contributed by atoms with Gasteiger partial charge in [0.15, 0.2) is 0 Å². The number of hydrogen-bond acceptors (Lipinski definition) is 4. The largest absolute Gasteiger partial charge is 0.356 e. The molecule has 0 aromatic carbocycles. The van der Waals surface area contributed by atoms with Gasteiger partial charge in [-0.3, -0.25) is 4.79 Å². The Morgan fingerprint density at radius 3 is 2.68 bits per heavy atom. The summed E-state index contributed by atoms with van der Waals surface area (Å²) >= 11 is 1.20. The van der Waals surface area contributed by atoms with Crippen molar-refractivity contribution in [2.45, 2.75) is 43.7 Å². The lowest BCUT2D eigenvalue weighted by molar-refractivity contribution is -0.121. The molecular formula is C15H26N2O3S2. The molecule has 1 N–H and O–H groups in total. The van der Waals surface area contributed by atoms with Crippen LogP contribution in [-0.2, 0) is 14.8 Å². The monoisotopic (exact) mass is 346 g/mol. The van der Waals surface area contributed by atoms with Crippen LogP contribution in [0.2, 0.25) is 0 Å². The quantitative estimate of drug-likeness (QED) is 0.662. The molecule has 0 aliphatic rings. The summed E-state index contributed by atoms with van der Waals surface area (Å²) in [5.74, 6) is 0.638. The Balaban J connectivity index is 2.25. The van der Waals surface area contributed by atoms with E-state index in [1.807, 2.05) is 0 Å². The minimum Gasteiger partial charge on any atom is -0.356 e. The van der Waals surface area contributed by atoms with Crippen LogP contribution >= 0.6 is 11.3 Å². The summed E-state index contributed by atoms with van der Waals surface area (Å²) in [6, 6.07) is 3.31. The second-order valence-electron chi connectivity index (χ2n) is 5.75. The molecule has 0 aliphatic heterocycles. The zero-order valence-electron chi connectivity index (χ0n) is 13.5. The molecule has 1 rings (SSSR count). The molecule has 0 fully saturated rings. The zero-order valence-corrected chi connectivity index (χ0v) is 15.2. The van der Waals surface area contributed by atoms with Gasteiger partial charge in [0.1, 0.15) is 4.21 Å². The minimum atomic E-state index is -3.40. The molecular weight excluding hydrogens is 320 g/mol. The maximum atomic E-state index is 12.2. The van der Waals surface area contributed by atoms with Gasteiger partial charge >= 0.3 is 0 Å². The van der Waals surface area contributed by atoms with Gasteiger partial charge in [0.2, 0.25) is 5.91 Å². The summed E-state index contributed by atoms with van der Waals surface area (Å²) in [6.45, 7) is 5.36. The van der Waals surface area contributed by atoms with Crippen LogP contribution in [0.3, 0.4) is 0 Å². The van der Waals surface area contributed by atoms with Gasteiger partial charge in [-0.1, -0.05) is 19.9 Å². The van der Waals surface area contributed by atoms with E-state index in [0.29, 0.717) is 36.1 Å². The number of hydrogen-bond donors (Lipinski definition) is 1. The van der Waals surface area contributed by atoms with Crippen molar-refractivity contribution in [1.82, 2.24) is 9.62 Å². The van der Waals surface area contributed by atoms with E-state index in [0.717, 1.165) is 12.8 Å². The summed E-state index contributed by atoms with van der Waals surface area (Å²) in [7, 11) is -1.85. The molecule has 0 bridgehead atoms. The van der Waals surface area contributed by atoms with Crippen molar-refractivity contribution < 1.29 is 13.2 Å². The smallest absolute Gasteiger partial charge is 0.252 e. The number of rotatable bonds is 10. The first-order valence-electron chi connectivity index (χ1n) is 7.60. The van der Waals surface area contributed by atoms with Crippen LogP contribution in [0.25, 0.3) is 0 Å². The Morgan fingerprint density at radius 2 is 2.09 bits per heavy atom. The predicted molar refractivity (Wildman–Crippen MR) is 90.5 cm³/mol. The molecule has 0 unspecified atom stereocenters. The lowest BCUT2D eigenvalue weighted by Crippen LogP contribution is -2.29. The molecule has 5 nitrogen and oxygen atoms in total. The number of carbonyl (C=O) groups excluding carboxylic acids is 1. The molecule has 0 saturated carbocycles. The Labute approximate surface area is 137 Å². The standard InChI is InChI=1S/C15H26N2O3S2/c1-13(2)7-4-10-16-14(18)8-5-11-17(3)22(19,20)15-9-6-12-21-15/h6,9,12-13H,4-5,7-8,10-11H2,1-3H3,(H,16,18). The predicted octanol–water partition coefficient (Wildman–Crippen LogP) is 2.70. The van der Waals surface area contributed by atoms with Gasteiger partial charge in [0.05, 0.1) is 0 Å². The van der Waals surface area contributed by atoms with Crippen molar-refractivity contribution in [2.24, 2.45) is 5.92 Å². The van der Waals surface area contributed by atoms with Crippen molar-refractivity contribution in [3.05, 3.63) is 17.5 Å². The Morgan fingerprint density at radius 1 is 1.36 bits per heavy atom. The van der Waals surface area contributed by atoms with Crippen LogP contribution in [-0.4, -0.2) is 38.8 Å². The van der Waals surface area contributed by atoms with E-state index in [9.17, 15) is 13.2 Å². The maximum Gasteiger partial charge on any atom is 0.252 e. The summed E-state index contributed by atoms with van der Waals surface area (Å²) < 4.78 is 26.0. The summed E-state index contributed by atoms with van der Waals surface area (Å²) in [6.07, 6.45) is 2.96. The summed E-state index contributed by atoms with van der Waals surface area (Å²) in [4.78, 5) is 11.7. The normalized spacial score (nSPS) is 12.0. The first-order valence-corrected chi connectivity index (χ1v) is 9.92. The number of nitrogens with zero attached hydrogens (tertiary/aromatic N) is 1. The van der Waals surface area contributed by atoms with Crippen LogP contribution < -0.4 is 5.32 Å². The van der Waals surface area contributed by atoms with E-state index in [2.05, 4.69) is 19.2 Å². The number of sulfonamides is 1. The molecule has 1 amide bonds. The molecule has 0 saturated heterocycles. The van der Waals surface area contributed by atoms with Crippen LogP contribution in [0.5, 0.6) is 0 Å². The average molecular weight is 347 g/mol. The van der Waals surface area contributed by atoms with Gasteiger partial charge in [0.25, 0.3) is 10.0 Å². The first kappa shape index (κ1) is 19.1. The molecule has 1 aromatic rings. The highest BCUT2D eigenvalue weighted by Crippen LogP contribution is 2.19. The van der Waals surface area contributed by atoms with E-state index < -0.39 is 10.0 Å². The third-order valence-electron chi connectivity index (χ3n) is 3.32. The molecule has 0 atom stereocenters. The van der Waals surface area contributed by atoms with Crippen LogP contribution in [0.4, 0.5) is 0 Å². The number of thiophene rings is 1. The third kappa shape index (κ3) is 6.46. The minimum absolute atomic E-state index is 0.00863. The lowest BCUT2D eigenvalue weighted by atomic mass is 10.1. The first-order chi connectivity index (χ1) is 10.3. The highest BCUT2D eigenvalue weighted by molar-refractivity contribution is 7.91. The second kappa shape index (κ2) is 9.27. The molecule has 0 spiro atoms. The third-order valence-corrected chi connectivity index (χ3v) is 6.55. The van der Waals surface area contributed by atoms with E-state index in [1.165, 1.54) is 15.6 Å². The second-order valence-corrected chi connectivity index (χ2v) is 8.97. The van der Waals surface area contributed by atoms with Crippen molar-refractivity contribution in [3.8, 4) is 0 Å². The van der Waals surface area contributed by atoms with Crippen molar-refractivity contribution in [3.63, 3.8) is 0 Å². The van der Waals surface area contributed by atoms with Crippen molar-refractivity contribution in [2.75, 3.05) is 20.1 Å². The van der Waals surface area contributed by atoms with E-state index >= 15 is 0 Å². The van der Waals surface area contributed by atoms with Gasteiger partial charge in [-0.2, -0.15) is 0 Å². The zero-order chi connectivity index (χ0) is 16.6. The fourth-order valence-electron chi connectivity index (χ4n) is 1.97. The Kier molecular flexibility index (Phi) is 8.06. The summed E-state index contributed by atoms with van der Waals surface area (Å²) in [5.41, 5.74) is 0. The fourth-order valence-corrected chi connectivity index (χ4v) is 4.38. The number of carbonyl (C=O) groups is 1. The molecule has 7 heteroatoms. The lowest BCUT2D eigenvalue weighted by Gasteiger charge is -2.15. The van der Waals surface area contributed by atoms with Crippen LogP contribution in [0, 0.1) is 5.92 Å². The van der Waals surface area contributed by atoms with Gasteiger partial charge in [-0.15, -0.1) is 11.3 Å². The Bertz CT molecular complexity index is 539.